The van der Waals surface area contributed by atoms with Gasteiger partial charge in [-0.25, -0.2) is 0 Å². The van der Waals surface area contributed by atoms with E-state index in [-0.39, 0.29) is 12.1 Å². The van der Waals surface area contributed by atoms with E-state index in [2.05, 4.69) is 27.3 Å². The standard InChI is InChI=1S/C24H24ClN3OS/c25-17-11-9-16(10-12-17)20-13-14-21(29-20)23-22(19-8-4-5-15-26-19)27-24(30)28(23)18-6-2-1-3-7-18/h4-5,8-15,18,22-23H,1-3,6-7H2,(H,27,30)/t22-,23-/m0/s1. The van der Waals surface area contributed by atoms with Crippen LogP contribution in [-0.4, -0.2) is 21.0 Å². The number of nitrogens with one attached hydrogen (secondary N) is 1. The number of aromatic nitrogens is 1. The van der Waals surface area contributed by atoms with E-state index in [4.69, 9.17) is 28.2 Å². The van der Waals surface area contributed by atoms with Crippen LogP contribution in [0.15, 0.2) is 65.2 Å². The van der Waals surface area contributed by atoms with Gasteiger partial charge in [-0.2, -0.15) is 0 Å². The first-order valence-corrected chi connectivity index (χ1v) is 11.3. The van der Waals surface area contributed by atoms with Crippen LogP contribution >= 0.6 is 23.8 Å². The number of thiocarbonyl (C=S) groups is 1. The molecular weight excluding hydrogens is 414 g/mol. The molecule has 2 aliphatic rings. The van der Waals surface area contributed by atoms with Gasteiger partial charge in [-0.15, -0.1) is 0 Å². The Balaban J connectivity index is 1.53. The first-order chi connectivity index (χ1) is 14.7. The minimum absolute atomic E-state index is 0.0171. The van der Waals surface area contributed by atoms with E-state index in [0.717, 1.165) is 45.8 Å². The maximum absolute atomic E-state index is 6.40. The molecule has 3 heterocycles. The second-order valence-electron chi connectivity index (χ2n) is 8.03. The Morgan fingerprint density at radius 3 is 2.53 bits per heavy atom. The molecule has 0 unspecified atom stereocenters. The van der Waals surface area contributed by atoms with Crippen LogP contribution in [0.25, 0.3) is 11.3 Å². The normalized spacial score (nSPS) is 22.3. The van der Waals surface area contributed by atoms with Crippen molar-refractivity contribution in [3.05, 3.63) is 77.3 Å². The van der Waals surface area contributed by atoms with Gasteiger partial charge >= 0.3 is 0 Å². The first-order valence-electron chi connectivity index (χ1n) is 10.6. The number of hydrogen-bond donors (Lipinski definition) is 1. The van der Waals surface area contributed by atoms with Crippen molar-refractivity contribution >= 4 is 28.9 Å². The van der Waals surface area contributed by atoms with Crippen molar-refractivity contribution < 1.29 is 4.42 Å². The minimum Gasteiger partial charge on any atom is -0.459 e. The fourth-order valence-electron chi connectivity index (χ4n) is 4.70. The average molecular weight is 438 g/mol. The summed E-state index contributed by atoms with van der Waals surface area (Å²) in [5.41, 5.74) is 1.99. The molecule has 0 bridgehead atoms. The molecule has 0 radical (unpaired) electrons. The Morgan fingerprint density at radius 1 is 1.00 bits per heavy atom. The molecule has 6 heteroatoms. The summed E-state index contributed by atoms with van der Waals surface area (Å²) in [7, 11) is 0. The van der Waals surface area contributed by atoms with Gasteiger partial charge in [0.05, 0.1) is 11.7 Å². The summed E-state index contributed by atoms with van der Waals surface area (Å²) < 4.78 is 6.40. The minimum atomic E-state index is -0.0372. The highest BCUT2D eigenvalue weighted by molar-refractivity contribution is 7.80. The molecule has 1 saturated heterocycles. The molecule has 2 atom stereocenters. The number of furan rings is 1. The lowest BCUT2D eigenvalue weighted by Gasteiger charge is -2.36. The topological polar surface area (TPSA) is 41.3 Å². The monoisotopic (exact) mass is 437 g/mol. The zero-order chi connectivity index (χ0) is 20.5. The van der Waals surface area contributed by atoms with Crippen molar-refractivity contribution in [2.24, 2.45) is 0 Å². The van der Waals surface area contributed by atoms with Crippen LogP contribution in [0.2, 0.25) is 5.02 Å². The fraction of sp³-hybridized carbons (Fsp3) is 0.333. The Hall–Kier alpha value is -2.37. The predicted molar refractivity (Wildman–Crippen MR) is 123 cm³/mol. The van der Waals surface area contributed by atoms with Gasteiger partial charge < -0.3 is 14.6 Å². The second-order valence-corrected chi connectivity index (χ2v) is 8.86. The third-order valence-corrected chi connectivity index (χ3v) is 6.73. The van der Waals surface area contributed by atoms with E-state index < -0.39 is 0 Å². The van der Waals surface area contributed by atoms with E-state index >= 15 is 0 Å². The quantitative estimate of drug-likeness (QED) is 0.485. The number of nitrogens with zero attached hydrogens (tertiary/aromatic N) is 2. The lowest BCUT2D eigenvalue weighted by Crippen LogP contribution is -2.40. The summed E-state index contributed by atoms with van der Waals surface area (Å²) in [4.78, 5) is 6.99. The Bertz CT molecular complexity index is 1010. The summed E-state index contributed by atoms with van der Waals surface area (Å²) in [6.45, 7) is 0. The zero-order valence-corrected chi connectivity index (χ0v) is 18.2. The predicted octanol–water partition coefficient (Wildman–Crippen LogP) is 6.30. The van der Waals surface area contributed by atoms with E-state index in [1.165, 1.54) is 19.3 Å². The number of rotatable bonds is 4. The van der Waals surface area contributed by atoms with Crippen molar-refractivity contribution in [1.29, 1.82) is 0 Å². The Labute approximate surface area is 187 Å². The van der Waals surface area contributed by atoms with Gasteiger partial charge in [-0.05, 0) is 73.6 Å². The molecule has 1 N–H and O–H groups in total. The van der Waals surface area contributed by atoms with Gasteiger partial charge in [0.1, 0.15) is 17.6 Å². The van der Waals surface area contributed by atoms with Crippen molar-refractivity contribution in [1.82, 2.24) is 15.2 Å². The highest BCUT2D eigenvalue weighted by Crippen LogP contribution is 2.43. The molecule has 2 aromatic heterocycles. The van der Waals surface area contributed by atoms with Crippen LogP contribution in [0.3, 0.4) is 0 Å². The molecule has 3 aromatic rings. The highest BCUT2D eigenvalue weighted by atomic mass is 35.5. The summed E-state index contributed by atoms with van der Waals surface area (Å²) in [5, 5.41) is 5.06. The molecule has 4 nitrogen and oxygen atoms in total. The van der Waals surface area contributed by atoms with Crippen LogP contribution in [0, 0.1) is 0 Å². The maximum Gasteiger partial charge on any atom is 0.170 e. The lowest BCUT2D eigenvalue weighted by molar-refractivity contribution is 0.179. The first kappa shape index (κ1) is 19.6. The highest BCUT2D eigenvalue weighted by Gasteiger charge is 2.44. The average Bonchev–Trinajstić information content (AvgIpc) is 3.40. The Kier molecular flexibility index (Phi) is 5.48. The van der Waals surface area contributed by atoms with Crippen LogP contribution < -0.4 is 5.32 Å². The van der Waals surface area contributed by atoms with E-state index in [1.807, 2.05) is 48.7 Å². The zero-order valence-electron chi connectivity index (χ0n) is 16.6. The van der Waals surface area contributed by atoms with Crippen molar-refractivity contribution in [2.75, 3.05) is 0 Å². The molecular formula is C24H24ClN3OS. The maximum atomic E-state index is 6.40. The number of benzene rings is 1. The lowest BCUT2D eigenvalue weighted by atomic mass is 9.92. The van der Waals surface area contributed by atoms with Crippen molar-refractivity contribution in [3.8, 4) is 11.3 Å². The molecule has 1 aliphatic carbocycles. The van der Waals surface area contributed by atoms with Gasteiger partial charge in [0.15, 0.2) is 5.11 Å². The van der Waals surface area contributed by atoms with Gasteiger partial charge in [-0.3, -0.25) is 4.98 Å². The smallest absolute Gasteiger partial charge is 0.170 e. The molecule has 0 amide bonds. The molecule has 2 fully saturated rings. The summed E-state index contributed by atoms with van der Waals surface area (Å²) in [6, 6.07) is 18.3. The molecule has 1 aliphatic heterocycles. The van der Waals surface area contributed by atoms with Crippen molar-refractivity contribution in [2.45, 2.75) is 50.2 Å². The van der Waals surface area contributed by atoms with Crippen LogP contribution in [0.1, 0.15) is 55.6 Å². The SMILES string of the molecule is S=C1N[C@@H](c2ccccn2)[C@H](c2ccc(-c3ccc(Cl)cc3)o2)N1C1CCCCC1. The summed E-state index contributed by atoms with van der Waals surface area (Å²) in [5.74, 6) is 1.75. The number of hydrogen-bond acceptors (Lipinski definition) is 3. The fourth-order valence-corrected chi connectivity index (χ4v) is 5.22. The largest absolute Gasteiger partial charge is 0.459 e. The van der Waals surface area contributed by atoms with Crippen LogP contribution in [-0.2, 0) is 0 Å². The Morgan fingerprint density at radius 2 is 1.80 bits per heavy atom. The van der Waals surface area contributed by atoms with E-state index in [0.29, 0.717) is 6.04 Å². The third-order valence-electron chi connectivity index (χ3n) is 6.15. The molecule has 154 valence electrons. The van der Waals surface area contributed by atoms with Gasteiger partial charge in [0.2, 0.25) is 0 Å². The van der Waals surface area contributed by atoms with E-state index in [9.17, 15) is 0 Å². The molecule has 0 spiro atoms. The van der Waals surface area contributed by atoms with Gasteiger partial charge in [-0.1, -0.05) is 36.9 Å². The second kappa shape index (κ2) is 8.40. The molecule has 30 heavy (non-hydrogen) atoms. The summed E-state index contributed by atoms with van der Waals surface area (Å²) >= 11 is 11.9. The molecule has 5 rings (SSSR count). The molecule has 1 aromatic carbocycles. The van der Waals surface area contributed by atoms with Crippen molar-refractivity contribution in [3.63, 3.8) is 0 Å². The van der Waals surface area contributed by atoms with Crippen LogP contribution in [0.5, 0.6) is 0 Å². The molecule has 1 saturated carbocycles. The summed E-state index contributed by atoms with van der Waals surface area (Å²) in [6.07, 6.45) is 7.97. The van der Waals surface area contributed by atoms with Gasteiger partial charge in [0, 0.05) is 22.8 Å². The number of pyridine rings is 1. The van der Waals surface area contributed by atoms with Crippen LogP contribution in [0.4, 0.5) is 0 Å². The number of halogens is 1. The third kappa shape index (κ3) is 3.72. The van der Waals surface area contributed by atoms with Gasteiger partial charge in [0.25, 0.3) is 0 Å². The van der Waals surface area contributed by atoms with E-state index in [1.54, 1.807) is 0 Å².